The average Bonchev–Trinajstić information content (AvgIpc) is 3.49. The number of ether oxygens (including phenoxy) is 1. The highest BCUT2D eigenvalue weighted by Crippen LogP contribution is 2.45. The highest BCUT2D eigenvalue weighted by molar-refractivity contribution is 6.30. The van der Waals surface area contributed by atoms with E-state index in [-0.39, 0.29) is 18.4 Å². The number of amides is 1. The van der Waals surface area contributed by atoms with Gasteiger partial charge in [0, 0.05) is 16.6 Å². The molecule has 7 heteroatoms. The maximum atomic E-state index is 13.2. The third kappa shape index (κ3) is 4.58. The van der Waals surface area contributed by atoms with E-state index in [2.05, 4.69) is 0 Å². The van der Waals surface area contributed by atoms with Gasteiger partial charge in [-0.15, -0.1) is 0 Å². The second-order valence-corrected chi connectivity index (χ2v) is 8.50. The number of rotatable bonds is 6. The fourth-order valence-electron chi connectivity index (χ4n) is 3.83. The molecule has 1 aliphatic carbocycles. The molecule has 0 unspecified atom stereocenters. The number of hydrogen-bond donors (Lipinski definition) is 1. The lowest BCUT2D eigenvalue weighted by molar-refractivity contribution is -0.179. The van der Waals surface area contributed by atoms with Crippen LogP contribution in [0.1, 0.15) is 42.5 Å². The zero-order chi connectivity index (χ0) is 20.5. The fraction of sp³-hybridized carbons (Fsp3) is 0.364. The molecule has 2 aromatic rings. The molecular formula is C22H21Cl2NO4. The summed E-state index contributed by atoms with van der Waals surface area (Å²) < 4.78 is 6.12. The molecule has 4 rings (SSSR count). The Labute approximate surface area is 179 Å². The molecule has 2 aromatic carbocycles. The van der Waals surface area contributed by atoms with Crippen molar-refractivity contribution in [2.24, 2.45) is 5.92 Å². The van der Waals surface area contributed by atoms with Gasteiger partial charge in [-0.05, 0) is 54.2 Å². The van der Waals surface area contributed by atoms with E-state index in [0.29, 0.717) is 22.5 Å². The van der Waals surface area contributed by atoms with Gasteiger partial charge in [-0.25, -0.2) is 0 Å². The number of nitrogens with zero attached hydrogens (tertiary/aromatic N) is 1. The Morgan fingerprint density at radius 3 is 2.41 bits per heavy atom. The van der Waals surface area contributed by atoms with Gasteiger partial charge in [0.2, 0.25) is 0 Å². The van der Waals surface area contributed by atoms with E-state index in [1.54, 1.807) is 29.2 Å². The molecule has 1 saturated carbocycles. The molecule has 5 nitrogen and oxygen atoms in total. The van der Waals surface area contributed by atoms with Gasteiger partial charge >= 0.3 is 5.97 Å². The van der Waals surface area contributed by atoms with Crippen molar-refractivity contribution in [1.82, 2.24) is 4.90 Å². The molecule has 1 amide bonds. The Morgan fingerprint density at radius 2 is 1.79 bits per heavy atom. The molecule has 0 spiro atoms. The zero-order valence-corrected chi connectivity index (χ0v) is 17.1. The summed E-state index contributed by atoms with van der Waals surface area (Å²) in [4.78, 5) is 26.4. The van der Waals surface area contributed by atoms with Gasteiger partial charge in [-0.3, -0.25) is 9.59 Å². The average molecular weight is 434 g/mol. The van der Waals surface area contributed by atoms with Crippen molar-refractivity contribution in [3.8, 4) is 0 Å². The van der Waals surface area contributed by atoms with Crippen molar-refractivity contribution in [1.29, 1.82) is 0 Å². The molecule has 3 atom stereocenters. The third-order valence-electron chi connectivity index (χ3n) is 5.39. The Hall–Kier alpha value is -2.08. The monoisotopic (exact) mass is 433 g/mol. The van der Waals surface area contributed by atoms with Crippen LogP contribution in [0.25, 0.3) is 0 Å². The van der Waals surface area contributed by atoms with Crippen LogP contribution >= 0.6 is 23.2 Å². The van der Waals surface area contributed by atoms with E-state index in [4.69, 9.17) is 27.9 Å². The molecular weight excluding hydrogens is 413 g/mol. The summed E-state index contributed by atoms with van der Waals surface area (Å²) in [6, 6.07) is 14.3. The van der Waals surface area contributed by atoms with Gasteiger partial charge in [0.15, 0.2) is 0 Å². The summed E-state index contributed by atoms with van der Waals surface area (Å²) in [5.74, 6) is -0.903. The minimum absolute atomic E-state index is 0.280. The summed E-state index contributed by atoms with van der Waals surface area (Å²) in [6.07, 6.45) is 0.214. The van der Waals surface area contributed by atoms with Crippen LogP contribution < -0.4 is 0 Å². The first-order valence-corrected chi connectivity index (χ1v) is 10.4. The Balaban J connectivity index is 1.78. The summed E-state index contributed by atoms with van der Waals surface area (Å²) in [5, 5.41) is 10.5. The minimum Gasteiger partial charge on any atom is -0.481 e. The Morgan fingerprint density at radius 1 is 1.07 bits per heavy atom. The Bertz CT molecular complexity index is 913. The predicted octanol–water partition coefficient (Wildman–Crippen LogP) is 4.89. The SMILES string of the molecule is O=C(O)C[C@@H]1O[C@@H](c2cccc(Cl)c2)[C@H](c2ccc(Cl)cc2)N(CC2CC2)C1=O. The van der Waals surface area contributed by atoms with Gasteiger partial charge in [0.1, 0.15) is 12.2 Å². The molecule has 29 heavy (non-hydrogen) atoms. The van der Waals surface area contributed by atoms with Crippen molar-refractivity contribution >= 4 is 35.1 Å². The van der Waals surface area contributed by atoms with Crippen LogP contribution in [-0.2, 0) is 14.3 Å². The molecule has 1 saturated heterocycles. The van der Waals surface area contributed by atoms with Crippen molar-refractivity contribution in [3.63, 3.8) is 0 Å². The van der Waals surface area contributed by atoms with Crippen LogP contribution in [-0.4, -0.2) is 34.5 Å². The molecule has 152 valence electrons. The normalized spacial score (nSPS) is 24.6. The number of carboxylic acid groups (broad SMARTS) is 1. The van der Waals surface area contributed by atoms with Gasteiger partial charge in [-0.1, -0.05) is 47.5 Å². The quantitative estimate of drug-likeness (QED) is 0.703. The number of morpholine rings is 1. The molecule has 1 N–H and O–H groups in total. The summed E-state index contributed by atoms with van der Waals surface area (Å²) >= 11 is 12.3. The van der Waals surface area contributed by atoms with E-state index in [9.17, 15) is 14.7 Å². The number of carbonyl (C=O) groups is 2. The minimum atomic E-state index is -1.07. The molecule has 0 aromatic heterocycles. The largest absolute Gasteiger partial charge is 0.481 e. The van der Waals surface area contributed by atoms with Crippen LogP contribution in [0, 0.1) is 5.92 Å². The highest BCUT2D eigenvalue weighted by Gasteiger charge is 2.46. The van der Waals surface area contributed by atoms with Crippen molar-refractivity contribution in [2.45, 2.75) is 37.5 Å². The van der Waals surface area contributed by atoms with Crippen LogP contribution in [0.2, 0.25) is 10.0 Å². The second-order valence-electron chi connectivity index (χ2n) is 7.63. The first-order chi connectivity index (χ1) is 13.9. The van der Waals surface area contributed by atoms with Gasteiger partial charge < -0.3 is 14.7 Å². The lowest BCUT2D eigenvalue weighted by Crippen LogP contribution is -2.52. The Kier molecular flexibility index (Phi) is 5.81. The number of carbonyl (C=O) groups excluding carboxylic acids is 1. The number of carboxylic acids is 1. The van der Waals surface area contributed by atoms with E-state index in [0.717, 1.165) is 24.0 Å². The lowest BCUT2D eigenvalue weighted by Gasteiger charge is -2.45. The standard InChI is InChI=1S/C22H21Cl2NO4/c23-16-8-6-14(7-9-16)20-21(15-2-1-3-17(24)10-15)29-18(11-19(26)27)22(28)25(20)12-13-4-5-13/h1-3,6-10,13,18,20-21H,4-5,11-12H2,(H,26,27)/t18-,20-,21-/m0/s1. The molecule has 1 aliphatic heterocycles. The van der Waals surface area contributed by atoms with Crippen LogP contribution in [0.5, 0.6) is 0 Å². The van der Waals surface area contributed by atoms with Crippen LogP contribution in [0.15, 0.2) is 48.5 Å². The molecule has 2 fully saturated rings. The van der Waals surface area contributed by atoms with Gasteiger partial charge in [0.05, 0.1) is 12.5 Å². The molecule has 0 radical (unpaired) electrons. The molecule has 1 heterocycles. The van der Waals surface area contributed by atoms with Crippen molar-refractivity contribution in [3.05, 3.63) is 69.7 Å². The number of hydrogen-bond acceptors (Lipinski definition) is 3. The predicted molar refractivity (Wildman–Crippen MR) is 110 cm³/mol. The highest BCUT2D eigenvalue weighted by atomic mass is 35.5. The molecule has 2 aliphatic rings. The number of halogens is 2. The van der Waals surface area contributed by atoms with E-state index in [1.165, 1.54) is 0 Å². The van der Waals surface area contributed by atoms with Gasteiger partial charge in [0.25, 0.3) is 5.91 Å². The number of benzene rings is 2. The molecule has 0 bridgehead atoms. The maximum absolute atomic E-state index is 13.2. The second kappa shape index (κ2) is 8.34. The van der Waals surface area contributed by atoms with E-state index >= 15 is 0 Å². The first kappa shape index (κ1) is 20.2. The fourth-order valence-corrected chi connectivity index (χ4v) is 4.16. The first-order valence-electron chi connectivity index (χ1n) is 9.61. The van der Waals surface area contributed by atoms with E-state index < -0.39 is 18.2 Å². The third-order valence-corrected chi connectivity index (χ3v) is 5.88. The zero-order valence-electron chi connectivity index (χ0n) is 15.6. The topological polar surface area (TPSA) is 66.8 Å². The van der Waals surface area contributed by atoms with Crippen molar-refractivity contribution < 1.29 is 19.4 Å². The van der Waals surface area contributed by atoms with Crippen molar-refractivity contribution in [2.75, 3.05) is 6.54 Å². The van der Waals surface area contributed by atoms with E-state index in [1.807, 2.05) is 24.3 Å². The summed E-state index contributed by atoms with van der Waals surface area (Å²) in [7, 11) is 0. The lowest BCUT2D eigenvalue weighted by atomic mass is 9.91. The summed E-state index contributed by atoms with van der Waals surface area (Å²) in [6.45, 7) is 0.586. The van der Waals surface area contributed by atoms with Crippen LogP contribution in [0.3, 0.4) is 0 Å². The number of aliphatic carboxylic acids is 1. The summed E-state index contributed by atoms with van der Waals surface area (Å²) in [5.41, 5.74) is 1.70. The maximum Gasteiger partial charge on any atom is 0.306 e. The van der Waals surface area contributed by atoms with Crippen LogP contribution in [0.4, 0.5) is 0 Å². The smallest absolute Gasteiger partial charge is 0.306 e. The van der Waals surface area contributed by atoms with Gasteiger partial charge in [-0.2, -0.15) is 0 Å².